The summed E-state index contributed by atoms with van der Waals surface area (Å²) in [6.45, 7) is 2.15. The summed E-state index contributed by atoms with van der Waals surface area (Å²) < 4.78 is 0.663. The number of thiophene rings is 1. The molecule has 0 aliphatic heterocycles. The molecule has 0 spiro atoms. The zero-order valence-electron chi connectivity index (χ0n) is 9.82. The van der Waals surface area contributed by atoms with Gasteiger partial charge in [0.05, 0.1) is 15.8 Å². The molecule has 1 heterocycles. The lowest BCUT2D eigenvalue weighted by atomic mass is 9.67. The van der Waals surface area contributed by atoms with Gasteiger partial charge in [0.15, 0.2) is 0 Å². The fourth-order valence-electron chi connectivity index (χ4n) is 2.75. The van der Waals surface area contributed by atoms with Crippen LogP contribution in [0.4, 0.5) is 0 Å². The minimum absolute atomic E-state index is 0.508. The summed E-state index contributed by atoms with van der Waals surface area (Å²) in [5.41, 5.74) is -0.619. The van der Waals surface area contributed by atoms with Crippen LogP contribution in [0.2, 0.25) is 4.34 Å². The van der Waals surface area contributed by atoms with Gasteiger partial charge in [-0.2, -0.15) is 5.26 Å². The second kappa shape index (κ2) is 4.97. The van der Waals surface area contributed by atoms with E-state index >= 15 is 0 Å². The lowest BCUT2D eigenvalue weighted by molar-refractivity contribution is 0.0244. The molecule has 1 aromatic rings. The molecule has 1 aliphatic carbocycles. The van der Waals surface area contributed by atoms with E-state index in [0.717, 1.165) is 30.6 Å². The molecule has 2 rings (SSSR count). The Labute approximate surface area is 111 Å². The Morgan fingerprint density at radius 3 is 2.94 bits per heavy atom. The Morgan fingerprint density at radius 1 is 1.65 bits per heavy atom. The number of nitrogens with zero attached hydrogens (tertiary/aromatic N) is 1. The van der Waals surface area contributed by atoms with Crippen LogP contribution in [0.5, 0.6) is 0 Å². The number of aliphatic hydroxyl groups excluding tert-OH is 1. The molecule has 0 radical (unpaired) electrons. The van der Waals surface area contributed by atoms with Gasteiger partial charge in [0.25, 0.3) is 0 Å². The van der Waals surface area contributed by atoms with Crippen LogP contribution in [-0.4, -0.2) is 5.11 Å². The first-order valence-corrected chi connectivity index (χ1v) is 7.11. The monoisotopic (exact) mass is 269 g/mol. The molecule has 1 aromatic heterocycles. The second-order valence-corrected chi connectivity index (χ2v) is 6.76. The molecule has 1 fully saturated rings. The average Bonchev–Trinajstić information content (AvgIpc) is 2.74. The van der Waals surface area contributed by atoms with Gasteiger partial charge >= 0.3 is 0 Å². The highest BCUT2D eigenvalue weighted by atomic mass is 35.5. The molecule has 1 saturated carbocycles. The third kappa shape index (κ3) is 2.49. The number of nitriles is 1. The fraction of sp³-hybridized carbons (Fsp3) is 0.615. The first kappa shape index (κ1) is 12.9. The van der Waals surface area contributed by atoms with E-state index in [9.17, 15) is 10.4 Å². The van der Waals surface area contributed by atoms with Crippen molar-refractivity contribution in [1.82, 2.24) is 0 Å². The fourth-order valence-corrected chi connectivity index (χ4v) is 3.92. The number of hydrogen-bond donors (Lipinski definition) is 1. The lowest BCUT2D eigenvalue weighted by Crippen LogP contribution is -2.32. The van der Waals surface area contributed by atoms with Crippen molar-refractivity contribution in [2.45, 2.75) is 38.7 Å². The van der Waals surface area contributed by atoms with Crippen LogP contribution >= 0.6 is 22.9 Å². The first-order valence-electron chi connectivity index (χ1n) is 5.92. The van der Waals surface area contributed by atoms with Crippen LogP contribution in [-0.2, 0) is 0 Å². The van der Waals surface area contributed by atoms with Crippen LogP contribution < -0.4 is 0 Å². The SMILES string of the molecule is CC1CCCC(C#N)(C(O)c2ccc(Cl)s2)C1. The molecule has 0 aromatic carbocycles. The predicted molar refractivity (Wildman–Crippen MR) is 70.0 cm³/mol. The Balaban J connectivity index is 2.26. The van der Waals surface area contributed by atoms with E-state index < -0.39 is 11.5 Å². The van der Waals surface area contributed by atoms with Gasteiger partial charge in [-0.25, -0.2) is 0 Å². The lowest BCUT2D eigenvalue weighted by Gasteiger charge is -2.37. The van der Waals surface area contributed by atoms with E-state index in [2.05, 4.69) is 13.0 Å². The van der Waals surface area contributed by atoms with Gasteiger partial charge in [-0.1, -0.05) is 31.4 Å². The summed E-state index contributed by atoms with van der Waals surface area (Å²) >= 11 is 7.25. The highest BCUT2D eigenvalue weighted by molar-refractivity contribution is 7.16. The minimum atomic E-state index is -0.701. The standard InChI is InChI=1S/C13H16ClNOS/c1-9-3-2-6-13(7-9,8-15)12(16)10-4-5-11(14)17-10/h4-5,9,12,16H,2-3,6-7H2,1H3. The summed E-state index contributed by atoms with van der Waals surface area (Å²) in [5, 5.41) is 19.9. The van der Waals surface area contributed by atoms with E-state index in [4.69, 9.17) is 11.6 Å². The molecule has 1 aliphatic rings. The van der Waals surface area contributed by atoms with E-state index in [-0.39, 0.29) is 0 Å². The van der Waals surface area contributed by atoms with Crippen molar-refractivity contribution in [1.29, 1.82) is 5.26 Å². The molecular formula is C13H16ClNOS. The maximum atomic E-state index is 10.5. The molecule has 0 amide bonds. The molecule has 2 nitrogen and oxygen atoms in total. The Hall–Kier alpha value is -0.560. The second-order valence-electron chi connectivity index (χ2n) is 5.01. The summed E-state index contributed by atoms with van der Waals surface area (Å²) in [6.07, 6.45) is 3.03. The van der Waals surface area contributed by atoms with Crippen LogP contribution in [0.3, 0.4) is 0 Å². The van der Waals surface area contributed by atoms with Crippen LogP contribution in [0.1, 0.15) is 43.6 Å². The zero-order chi connectivity index (χ0) is 12.5. The van der Waals surface area contributed by atoms with Gasteiger partial charge in [-0.3, -0.25) is 0 Å². The van der Waals surface area contributed by atoms with Crippen molar-refractivity contribution in [3.05, 3.63) is 21.3 Å². The predicted octanol–water partition coefficient (Wildman–Crippen LogP) is 4.15. The minimum Gasteiger partial charge on any atom is -0.386 e. The number of rotatable bonds is 2. The number of halogens is 1. The van der Waals surface area contributed by atoms with Gasteiger partial charge in [0.2, 0.25) is 0 Å². The van der Waals surface area contributed by atoms with Crippen molar-refractivity contribution in [2.75, 3.05) is 0 Å². The Morgan fingerprint density at radius 2 is 2.41 bits per heavy atom. The first-order chi connectivity index (χ1) is 8.07. The average molecular weight is 270 g/mol. The number of hydrogen-bond acceptors (Lipinski definition) is 3. The van der Waals surface area contributed by atoms with Gasteiger partial charge in [-0.05, 0) is 30.9 Å². The molecule has 0 bridgehead atoms. The molecule has 3 atom stereocenters. The quantitative estimate of drug-likeness (QED) is 0.876. The van der Waals surface area contributed by atoms with Gasteiger partial charge in [0, 0.05) is 4.88 Å². The molecule has 17 heavy (non-hydrogen) atoms. The third-order valence-corrected chi connectivity index (χ3v) is 4.93. The van der Waals surface area contributed by atoms with E-state index in [1.807, 2.05) is 6.07 Å². The Bertz CT molecular complexity index is 439. The largest absolute Gasteiger partial charge is 0.386 e. The van der Waals surface area contributed by atoms with Crippen LogP contribution in [0.25, 0.3) is 0 Å². The number of aliphatic hydroxyl groups is 1. The highest BCUT2D eigenvalue weighted by Gasteiger charge is 2.42. The van der Waals surface area contributed by atoms with Crippen LogP contribution in [0.15, 0.2) is 12.1 Å². The van der Waals surface area contributed by atoms with E-state index in [0.29, 0.717) is 10.3 Å². The molecule has 0 saturated heterocycles. The molecular weight excluding hydrogens is 254 g/mol. The maximum Gasteiger partial charge on any atom is 0.107 e. The maximum absolute atomic E-state index is 10.5. The topological polar surface area (TPSA) is 44.0 Å². The summed E-state index contributed by atoms with van der Waals surface area (Å²) in [4.78, 5) is 0.811. The molecule has 3 unspecified atom stereocenters. The van der Waals surface area contributed by atoms with Crippen molar-refractivity contribution in [3.63, 3.8) is 0 Å². The van der Waals surface area contributed by atoms with Crippen LogP contribution in [0, 0.1) is 22.7 Å². The summed E-state index contributed by atoms with van der Waals surface area (Å²) in [6, 6.07) is 5.98. The van der Waals surface area contributed by atoms with Crippen molar-refractivity contribution in [2.24, 2.45) is 11.3 Å². The van der Waals surface area contributed by atoms with E-state index in [1.54, 1.807) is 6.07 Å². The van der Waals surface area contributed by atoms with Gasteiger partial charge < -0.3 is 5.11 Å². The molecule has 4 heteroatoms. The third-order valence-electron chi connectivity index (χ3n) is 3.64. The normalized spacial score (nSPS) is 30.8. The molecule has 92 valence electrons. The summed E-state index contributed by atoms with van der Waals surface area (Å²) in [7, 11) is 0. The van der Waals surface area contributed by atoms with Gasteiger partial charge in [0.1, 0.15) is 6.10 Å². The van der Waals surface area contributed by atoms with Crippen molar-refractivity contribution < 1.29 is 5.11 Å². The smallest absolute Gasteiger partial charge is 0.107 e. The zero-order valence-corrected chi connectivity index (χ0v) is 11.4. The summed E-state index contributed by atoms with van der Waals surface area (Å²) in [5.74, 6) is 0.508. The Kier molecular flexibility index (Phi) is 3.77. The molecule has 1 N–H and O–H groups in total. The van der Waals surface area contributed by atoms with E-state index in [1.165, 1.54) is 11.3 Å². The highest BCUT2D eigenvalue weighted by Crippen LogP contribution is 2.48. The van der Waals surface area contributed by atoms with Crippen molar-refractivity contribution >= 4 is 22.9 Å². The van der Waals surface area contributed by atoms with Gasteiger partial charge in [-0.15, -0.1) is 11.3 Å². The van der Waals surface area contributed by atoms with Crippen molar-refractivity contribution in [3.8, 4) is 6.07 Å².